The van der Waals surface area contributed by atoms with E-state index in [0.29, 0.717) is 16.5 Å². The van der Waals surface area contributed by atoms with Crippen LogP contribution in [0.25, 0.3) is 27.7 Å². The maximum absolute atomic E-state index is 15.0. The van der Waals surface area contributed by atoms with Crippen molar-refractivity contribution < 1.29 is 19.4 Å². The van der Waals surface area contributed by atoms with Crippen molar-refractivity contribution in [2.45, 2.75) is 32.8 Å². The predicted molar refractivity (Wildman–Crippen MR) is 121 cm³/mol. The van der Waals surface area contributed by atoms with Gasteiger partial charge in [-0.15, -0.1) is 0 Å². The number of carboxylic acid groups (broad SMARTS) is 1. The molecule has 4 aromatic rings. The molecule has 0 radical (unpaired) electrons. The average molecular weight is 450 g/mol. The second-order valence-electron chi connectivity index (χ2n) is 8.88. The molecule has 0 unspecified atom stereocenters. The summed E-state index contributed by atoms with van der Waals surface area (Å²) in [5.74, 6) is -1.71. The van der Waals surface area contributed by atoms with Gasteiger partial charge in [0.25, 0.3) is 5.56 Å². The number of halogens is 1. The molecule has 8 nitrogen and oxygen atoms in total. The number of pyridine rings is 1. The van der Waals surface area contributed by atoms with Crippen LogP contribution >= 0.6 is 0 Å². The van der Waals surface area contributed by atoms with Crippen LogP contribution in [0.1, 0.15) is 42.4 Å². The van der Waals surface area contributed by atoms with Crippen LogP contribution < -0.4 is 5.56 Å². The molecule has 3 aromatic heterocycles. The molecule has 0 aliphatic carbocycles. The van der Waals surface area contributed by atoms with Crippen molar-refractivity contribution in [3.63, 3.8) is 0 Å². The number of aromatic nitrogens is 4. The normalized spacial score (nSPS) is 11.8. The molecular weight excluding hydrogens is 427 g/mol. The van der Waals surface area contributed by atoms with Gasteiger partial charge >= 0.3 is 5.97 Å². The summed E-state index contributed by atoms with van der Waals surface area (Å²) in [6.45, 7) is 5.35. The van der Waals surface area contributed by atoms with Crippen LogP contribution in [0.4, 0.5) is 4.39 Å². The van der Waals surface area contributed by atoms with Crippen molar-refractivity contribution in [3.8, 4) is 16.9 Å². The zero-order valence-electron chi connectivity index (χ0n) is 18.6. The first-order valence-electron chi connectivity index (χ1n) is 10.2. The van der Waals surface area contributed by atoms with Crippen LogP contribution in [0.2, 0.25) is 0 Å². The van der Waals surface area contributed by atoms with Gasteiger partial charge in [0, 0.05) is 36.0 Å². The Bertz CT molecular complexity index is 1460. The fourth-order valence-corrected chi connectivity index (χ4v) is 3.83. The van der Waals surface area contributed by atoms with Gasteiger partial charge in [0.1, 0.15) is 11.5 Å². The van der Waals surface area contributed by atoms with Gasteiger partial charge in [-0.2, -0.15) is 9.78 Å². The second kappa shape index (κ2) is 7.93. The van der Waals surface area contributed by atoms with Gasteiger partial charge in [0.2, 0.25) is 0 Å². The van der Waals surface area contributed by atoms with E-state index in [9.17, 15) is 19.8 Å². The Hall–Kier alpha value is -3.85. The SMILES string of the molecule is Cn1cc(-c2ccnc(-n3ncc4cc(C(C)(C)C)cc(F)c4c3=O)c2CO)cc1C(=O)O. The molecule has 0 bridgehead atoms. The highest BCUT2D eigenvalue weighted by Gasteiger charge is 2.21. The van der Waals surface area contributed by atoms with Gasteiger partial charge in [0.15, 0.2) is 5.82 Å². The number of rotatable bonds is 4. The monoisotopic (exact) mass is 450 g/mol. The highest BCUT2D eigenvalue weighted by molar-refractivity contribution is 5.88. The van der Waals surface area contributed by atoms with Crippen molar-refractivity contribution in [2.75, 3.05) is 0 Å². The number of benzene rings is 1. The molecule has 9 heteroatoms. The van der Waals surface area contributed by atoms with E-state index in [1.165, 1.54) is 29.1 Å². The Labute approximate surface area is 188 Å². The Balaban J connectivity index is 1.94. The summed E-state index contributed by atoms with van der Waals surface area (Å²) >= 11 is 0. The number of hydrogen-bond donors (Lipinski definition) is 2. The predicted octanol–water partition coefficient (Wildman–Crippen LogP) is 3.41. The van der Waals surface area contributed by atoms with E-state index in [4.69, 9.17) is 0 Å². The Morgan fingerprint density at radius 2 is 1.94 bits per heavy atom. The summed E-state index contributed by atoms with van der Waals surface area (Å²) in [5, 5.41) is 23.9. The molecule has 0 saturated heterocycles. The van der Waals surface area contributed by atoms with Crippen molar-refractivity contribution in [1.82, 2.24) is 19.3 Å². The molecule has 1 aromatic carbocycles. The topological polar surface area (TPSA) is 110 Å². The molecule has 0 atom stereocenters. The summed E-state index contributed by atoms with van der Waals surface area (Å²) in [6.07, 6.45) is 4.43. The molecule has 0 fully saturated rings. The minimum absolute atomic E-state index is 0.0434. The van der Waals surface area contributed by atoms with Crippen molar-refractivity contribution in [3.05, 3.63) is 75.8 Å². The number of aliphatic hydroxyl groups is 1. The molecule has 4 rings (SSSR count). The molecule has 170 valence electrons. The first-order valence-corrected chi connectivity index (χ1v) is 10.2. The lowest BCUT2D eigenvalue weighted by atomic mass is 9.86. The maximum atomic E-state index is 15.0. The van der Waals surface area contributed by atoms with E-state index < -0.39 is 24.0 Å². The van der Waals surface area contributed by atoms with Gasteiger partial charge in [0.05, 0.1) is 18.2 Å². The number of carboxylic acids is 1. The number of nitrogens with zero attached hydrogens (tertiary/aromatic N) is 4. The third-order valence-electron chi connectivity index (χ3n) is 5.63. The van der Waals surface area contributed by atoms with Crippen LogP contribution in [0.15, 0.2) is 47.7 Å². The number of aromatic carboxylic acids is 1. The number of carbonyl (C=O) groups is 1. The van der Waals surface area contributed by atoms with E-state index in [0.717, 1.165) is 10.2 Å². The number of aryl methyl sites for hydroxylation is 1. The van der Waals surface area contributed by atoms with E-state index in [2.05, 4.69) is 10.1 Å². The van der Waals surface area contributed by atoms with Gasteiger partial charge < -0.3 is 14.8 Å². The molecule has 0 aliphatic rings. The summed E-state index contributed by atoms with van der Waals surface area (Å²) in [4.78, 5) is 28.9. The largest absolute Gasteiger partial charge is 0.477 e. The smallest absolute Gasteiger partial charge is 0.352 e. The molecule has 0 saturated carbocycles. The van der Waals surface area contributed by atoms with Gasteiger partial charge in [-0.25, -0.2) is 14.2 Å². The lowest BCUT2D eigenvalue weighted by Gasteiger charge is -2.20. The van der Waals surface area contributed by atoms with Crippen LogP contribution in [-0.4, -0.2) is 35.5 Å². The fourth-order valence-electron chi connectivity index (χ4n) is 3.83. The summed E-state index contributed by atoms with van der Waals surface area (Å²) in [5.41, 5.74) is 1.06. The Morgan fingerprint density at radius 1 is 1.21 bits per heavy atom. The first-order chi connectivity index (χ1) is 15.5. The Kier molecular flexibility index (Phi) is 5.37. The molecule has 2 N–H and O–H groups in total. The van der Waals surface area contributed by atoms with Gasteiger partial charge in [-0.1, -0.05) is 20.8 Å². The van der Waals surface area contributed by atoms with Crippen molar-refractivity contribution in [1.29, 1.82) is 0 Å². The van der Waals surface area contributed by atoms with Crippen LogP contribution in [-0.2, 0) is 19.1 Å². The number of hydrogen-bond acceptors (Lipinski definition) is 5. The zero-order valence-corrected chi connectivity index (χ0v) is 18.6. The minimum Gasteiger partial charge on any atom is -0.477 e. The molecule has 0 spiro atoms. The quantitative estimate of drug-likeness (QED) is 0.493. The van der Waals surface area contributed by atoms with Gasteiger partial charge in [-0.3, -0.25) is 4.79 Å². The van der Waals surface area contributed by atoms with E-state index in [1.807, 2.05) is 20.8 Å². The third-order valence-corrected chi connectivity index (χ3v) is 5.63. The van der Waals surface area contributed by atoms with E-state index in [1.54, 1.807) is 25.4 Å². The minimum atomic E-state index is -1.10. The fraction of sp³-hybridized carbons (Fsp3) is 0.250. The molecule has 33 heavy (non-hydrogen) atoms. The van der Waals surface area contributed by atoms with Crippen molar-refractivity contribution in [2.24, 2.45) is 7.05 Å². The van der Waals surface area contributed by atoms with Gasteiger partial charge in [-0.05, 0) is 40.8 Å². The molecule has 0 aliphatic heterocycles. The summed E-state index contributed by atoms with van der Waals surface area (Å²) in [6, 6.07) is 6.16. The van der Waals surface area contributed by atoms with Crippen LogP contribution in [0.3, 0.4) is 0 Å². The number of fused-ring (bicyclic) bond motifs is 1. The molecule has 3 heterocycles. The molecule has 0 amide bonds. The van der Waals surface area contributed by atoms with Crippen LogP contribution in [0.5, 0.6) is 0 Å². The standard InChI is InChI=1S/C24H23FN4O4/c1-24(2,3)15-7-13-10-27-29(22(31)20(13)18(25)9-15)21-17(12-30)16(5-6-26-21)14-8-19(23(32)33)28(4)11-14/h5-11,30H,12H2,1-4H3,(H,32,33). The lowest BCUT2D eigenvalue weighted by Crippen LogP contribution is -2.24. The summed E-state index contributed by atoms with van der Waals surface area (Å²) in [7, 11) is 1.59. The maximum Gasteiger partial charge on any atom is 0.352 e. The van der Waals surface area contributed by atoms with Crippen LogP contribution in [0, 0.1) is 5.82 Å². The second-order valence-corrected chi connectivity index (χ2v) is 8.88. The van der Waals surface area contributed by atoms with E-state index in [-0.39, 0.29) is 27.9 Å². The third kappa shape index (κ3) is 3.80. The molecular formula is C24H23FN4O4. The first kappa shape index (κ1) is 22.3. The Morgan fingerprint density at radius 3 is 2.55 bits per heavy atom. The highest BCUT2D eigenvalue weighted by atomic mass is 19.1. The number of aliphatic hydroxyl groups excluding tert-OH is 1. The summed E-state index contributed by atoms with van der Waals surface area (Å²) < 4.78 is 17.4. The average Bonchev–Trinajstić information content (AvgIpc) is 3.14. The van der Waals surface area contributed by atoms with E-state index >= 15 is 4.39 Å². The zero-order chi connectivity index (χ0) is 24.1. The van der Waals surface area contributed by atoms with Crippen molar-refractivity contribution >= 4 is 16.7 Å². The lowest BCUT2D eigenvalue weighted by molar-refractivity contribution is 0.0686. The highest BCUT2D eigenvalue weighted by Crippen LogP contribution is 2.30.